The van der Waals surface area contributed by atoms with Gasteiger partial charge in [0.15, 0.2) is 0 Å². The van der Waals surface area contributed by atoms with Crippen LogP contribution in [0.15, 0.2) is 24.3 Å². The fraction of sp³-hybridized carbons (Fsp3) is 0.550. The van der Waals surface area contributed by atoms with Gasteiger partial charge in [-0.3, -0.25) is 14.4 Å². The largest absolute Gasteiger partial charge is 0.368 e. The van der Waals surface area contributed by atoms with Crippen molar-refractivity contribution in [3.63, 3.8) is 0 Å². The molecule has 0 radical (unpaired) electrons. The van der Waals surface area contributed by atoms with Gasteiger partial charge in [0, 0.05) is 36.9 Å². The minimum Gasteiger partial charge on any atom is -0.368 e. The van der Waals surface area contributed by atoms with Gasteiger partial charge in [-0.25, -0.2) is 0 Å². The summed E-state index contributed by atoms with van der Waals surface area (Å²) in [6, 6.07) is 6.77. The molecule has 1 atom stereocenters. The highest BCUT2D eigenvalue weighted by Crippen LogP contribution is 2.14. The second-order valence-electron chi connectivity index (χ2n) is 6.63. The quantitative estimate of drug-likeness (QED) is 0.576. The van der Waals surface area contributed by atoms with Crippen LogP contribution in [0, 0.1) is 5.92 Å². The predicted octanol–water partition coefficient (Wildman–Crippen LogP) is 2.09. The van der Waals surface area contributed by atoms with E-state index in [9.17, 15) is 14.4 Å². The molecular weight excluding hydrogens is 346 g/mol. The van der Waals surface area contributed by atoms with E-state index in [2.05, 4.69) is 16.0 Å². The molecule has 1 unspecified atom stereocenters. The molecule has 0 aliphatic carbocycles. The third-order valence-electron chi connectivity index (χ3n) is 4.70. The molecule has 1 aromatic carbocycles. The van der Waals surface area contributed by atoms with E-state index in [0.29, 0.717) is 30.9 Å². The van der Waals surface area contributed by atoms with Crippen LogP contribution in [0.25, 0.3) is 0 Å². The zero-order chi connectivity index (χ0) is 19.6. The smallest absolute Gasteiger partial charge is 0.251 e. The fourth-order valence-corrected chi connectivity index (χ4v) is 2.97. The fourth-order valence-electron chi connectivity index (χ4n) is 2.97. The molecule has 7 heteroatoms. The number of ether oxygens (including phenoxy) is 1. The first kappa shape index (κ1) is 20.9. The summed E-state index contributed by atoms with van der Waals surface area (Å²) in [6.07, 6.45) is 2.89. The van der Waals surface area contributed by atoms with E-state index in [1.165, 1.54) is 0 Å². The van der Waals surface area contributed by atoms with Gasteiger partial charge >= 0.3 is 0 Å². The number of amides is 3. The number of rotatable bonds is 9. The van der Waals surface area contributed by atoms with Crippen molar-refractivity contribution in [1.82, 2.24) is 10.6 Å². The Morgan fingerprint density at radius 1 is 1.07 bits per heavy atom. The Hall–Kier alpha value is -2.41. The summed E-state index contributed by atoms with van der Waals surface area (Å²) in [7, 11) is 0. The second-order valence-corrected chi connectivity index (χ2v) is 6.63. The lowest BCUT2D eigenvalue weighted by molar-refractivity contribution is -0.130. The van der Waals surface area contributed by atoms with Crippen LogP contribution in [0.4, 0.5) is 5.69 Å². The van der Waals surface area contributed by atoms with Crippen molar-refractivity contribution in [2.75, 3.05) is 25.0 Å². The number of hydrogen-bond donors (Lipinski definition) is 3. The Morgan fingerprint density at radius 3 is 2.33 bits per heavy atom. The number of anilines is 1. The number of carbonyl (C=O) groups is 3. The van der Waals surface area contributed by atoms with E-state index in [1.54, 1.807) is 24.3 Å². The summed E-state index contributed by atoms with van der Waals surface area (Å²) >= 11 is 0. The minimum atomic E-state index is -0.358. The molecule has 1 saturated heterocycles. The Kier molecular flexibility index (Phi) is 8.26. The van der Waals surface area contributed by atoms with Gasteiger partial charge in [-0.05, 0) is 49.9 Å². The number of hydrogen-bond acceptors (Lipinski definition) is 4. The highest BCUT2D eigenvalue weighted by molar-refractivity contribution is 5.96. The van der Waals surface area contributed by atoms with Gasteiger partial charge in [0.1, 0.15) is 6.10 Å². The maximum absolute atomic E-state index is 12.1. The second kappa shape index (κ2) is 10.7. The van der Waals surface area contributed by atoms with Crippen LogP contribution < -0.4 is 16.0 Å². The van der Waals surface area contributed by atoms with Crippen LogP contribution >= 0.6 is 0 Å². The molecule has 1 fully saturated rings. The van der Waals surface area contributed by atoms with E-state index >= 15 is 0 Å². The SMILES string of the molecule is CCC(CC)C(=O)Nc1ccc(C(=O)NCCNC(=O)C2CCCO2)cc1. The lowest BCUT2D eigenvalue weighted by Gasteiger charge is -2.13. The highest BCUT2D eigenvalue weighted by atomic mass is 16.5. The third-order valence-corrected chi connectivity index (χ3v) is 4.70. The van der Waals surface area contributed by atoms with E-state index in [4.69, 9.17) is 4.74 Å². The summed E-state index contributed by atoms with van der Waals surface area (Å²) < 4.78 is 5.30. The molecule has 0 aromatic heterocycles. The van der Waals surface area contributed by atoms with Gasteiger partial charge in [-0.1, -0.05) is 13.8 Å². The lowest BCUT2D eigenvalue weighted by Crippen LogP contribution is -2.39. The van der Waals surface area contributed by atoms with Crippen LogP contribution in [0.5, 0.6) is 0 Å². The van der Waals surface area contributed by atoms with Crippen LogP contribution in [0.2, 0.25) is 0 Å². The molecule has 148 valence electrons. The van der Waals surface area contributed by atoms with Crippen molar-refractivity contribution >= 4 is 23.4 Å². The first-order valence-electron chi connectivity index (χ1n) is 9.63. The van der Waals surface area contributed by atoms with Crippen molar-refractivity contribution in [3.05, 3.63) is 29.8 Å². The molecule has 2 rings (SSSR count). The molecule has 0 saturated carbocycles. The molecule has 1 heterocycles. The molecule has 7 nitrogen and oxygen atoms in total. The van der Waals surface area contributed by atoms with Crippen molar-refractivity contribution < 1.29 is 19.1 Å². The Bertz CT molecular complexity index is 635. The summed E-state index contributed by atoms with van der Waals surface area (Å²) in [5.74, 6) is -0.351. The minimum absolute atomic E-state index is 0.000754. The number of nitrogens with one attached hydrogen (secondary N) is 3. The van der Waals surface area contributed by atoms with Gasteiger partial charge in [0.05, 0.1) is 0 Å². The standard InChI is InChI=1S/C20H29N3O4/c1-3-14(4-2)19(25)23-16-9-7-15(8-10-16)18(24)21-11-12-22-20(26)17-6-5-13-27-17/h7-10,14,17H,3-6,11-13H2,1-2H3,(H,21,24)(H,22,26)(H,23,25). The maximum Gasteiger partial charge on any atom is 0.251 e. The summed E-state index contributed by atoms with van der Waals surface area (Å²) in [6.45, 7) is 5.30. The van der Waals surface area contributed by atoms with Gasteiger partial charge in [-0.15, -0.1) is 0 Å². The predicted molar refractivity (Wildman–Crippen MR) is 103 cm³/mol. The molecule has 1 aliphatic rings. The van der Waals surface area contributed by atoms with Crippen LogP contribution in [-0.4, -0.2) is 43.5 Å². The first-order valence-corrected chi connectivity index (χ1v) is 9.63. The molecule has 1 aliphatic heterocycles. The first-order chi connectivity index (χ1) is 13.0. The highest BCUT2D eigenvalue weighted by Gasteiger charge is 2.22. The van der Waals surface area contributed by atoms with Crippen molar-refractivity contribution in [1.29, 1.82) is 0 Å². The molecule has 27 heavy (non-hydrogen) atoms. The van der Waals surface area contributed by atoms with E-state index < -0.39 is 0 Å². The molecular formula is C20H29N3O4. The van der Waals surface area contributed by atoms with Gasteiger partial charge in [0.25, 0.3) is 5.91 Å². The summed E-state index contributed by atoms with van der Waals surface area (Å²) in [5, 5.41) is 8.39. The summed E-state index contributed by atoms with van der Waals surface area (Å²) in [5.41, 5.74) is 1.17. The van der Waals surface area contributed by atoms with Crippen molar-refractivity contribution in [2.24, 2.45) is 5.92 Å². The average Bonchev–Trinajstić information content (AvgIpc) is 3.21. The molecule has 3 amide bonds. The number of carbonyl (C=O) groups excluding carboxylic acids is 3. The van der Waals surface area contributed by atoms with Crippen molar-refractivity contribution in [3.8, 4) is 0 Å². The van der Waals surface area contributed by atoms with Crippen molar-refractivity contribution in [2.45, 2.75) is 45.6 Å². The van der Waals surface area contributed by atoms with Gasteiger partial charge in [-0.2, -0.15) is 0 Å². The molecule has 3 N–H and O–H groups in total. The normalized spacial score (nSPS) is 16.2. The molecule has 1 aromatic rings. The van der Waals surface area contributed by atoms with Crippen LogP contribution in [-0.2, 0) is 14.3 Å². The van der Waals surface area contributed by atoms with Crippen LogP contribution in [0.3, 0.4) is 0 Å². The number of benzene rings is 1. The Labute approximate surface area is 160 Å². The lowest BCUT2D eigenvalue weighted by atomic mass is 10.0. The van der Waals surface area contributed by atoms with Gasteiger partial charge in [0.2, 0.25) is 11.8 Å². The van der Waals surface area contributed by atoms with E-state index in [1.807, 2.05) is 13.8 Å². The molecule has 0 spiro atoms. The zero-order valence-corrected chi connectivity index (χ0v) is 16.0. The molecule has 0 bridgehead atoms. The third kappa shape index (κ3) is 6.36. The van der Waals surface area contributed by atoms with Crippen LogP contribution in [0.1, 0.15) is 49.9 Å². The van der Waals surface area contributed by atoms with E-state index in [0.717, 1.165) is 25.7 Å². The Balaban J connectivity index is 1.73. The average molecular weight is 375 g/mol. The van der Waals surface area contributed by atoms with E-state index in [-0.39, 0.29) is 29.7 Å². The summed E-state index contributed by atoms with van der Waals surface area (Å²) in [4.78, 5) is 36.0. The Morgan fingerprint density at radius 2 is 1.74 bits per heavy atom. The van der Waals surface area contributed by atoms with Gasteiger partial charge < -0.3 is 20.7 Å². The monoisotopic (exact) mass is 375 g/mol. The topological polar surface area (TPSA) is 96.5 Å². The maximum atomic E-state index is 12.1. The zero-order valence-electron chi connectivity index (χ0n) is 16.0.